The minimum atomic E-state index is -0.147. The molecule has 0 spiro atoms. The molecule has 0 aromatic heterocycles. The maximum atomic E-state index is 13.2. The van der Waals surface area contributed by atoms with Gasteiger partial charge in [0, 0.05) is 12.1 Å². The van der Waals surface area contributed by atoms with Gasteiger partial charge in [-0.2, -0.15) is 0 Å². The number of rotatable bonds is 3. The van der Waals surface area contributed by atoms with E-state index in [1.54, 1.807) is 12.1 Å². The standard InChI is InChI=1S/C16H24FN/c1-11-7-8-12(2)16(9-11)18-13(3)14-5-4-6-15(17)10-14/h4-6,10-13,16,18H,7-9H2,1-3H3. The van der Waals surface area contributed by atoms with Gasteiger partial charge in [0.25, 0.3) is 0 Å². The monoisotopic (exact) mass is 249 g/mol. The second kappa shape index (κ2) is 5.83. The largest absolute Gasteiger partial charge is 0.307 e. The first-order valence-electron chi connectivity index (χ1n) is 7.07. The van der Waals surface area contributed by atoms with Crippen LogP contribution in [0, 0.1) is 17.7 Å². The van der Waals surface area contributed by atoms with Crippen molar-refractivity contribution in [1.29, 1.82) is 0 Å². The molecule has 1 fully saturated rings. The lowest BCUT2D eigenvalue weighted by atomic mass is 9.79. The van der Waals surface area contributed by atoms with Gasteiger partial charge in [-0.3, -0.25) is 0 Å². The Balaban J connectivity index is 2.00. The third-order valence-electron chi connectivity index (χ3n) is 4.27. The minimum absolute atomic E-state index is 0.147. The molecule has 4 atom stereocenters. The summed E-state index contributed by atoms with van der Waals surface area (Å²) < 4.78 is 13.2. The van der Waals surface area contributed by atoms with E-state index in [9.17, 15) is 4.39 Å². The number of hydrogen-bond donors (Lipinski definition) is 1. The Labute approximate surface area is 110 Å². The van der Waals surface area contributed by atoms with E-state index >= 15 is 0 Å². The van der Waals surface area contributed by atoms with Crippen LogP contribution < -0.4 is 5.32 Å². The van der Waals surface area contributed by atoms with Crippen molar-refractivity contribution in [2.24, 2.45) is 11.8 Å². The first-order chi connectivity index (χ1) is 8.56. The highest BCUT2D eigenvalue weighted by molar-refractivity contribution is 5.19. The fourth-order valence-corrected chi connectivity index (χ4v) is 2.96. The van der Waals surface area contributed by atoms with Gasteiger partial charge < -0.3 is 5.32 Å². The quantitative estimate of drug-likeness (QED) is 0.842. The van der Waals surface area contributed by atoms with E-state index < -0.39 is 0 Å². The van der Waals surface area contributed by atoms with Crippen LogP contribution >= 0.6 is 0 Å². The van der Waals surface area contributed by atoms with E-state index in [2.05, 4.69) is 26.1 Å². The molecular formula is C16H24FN. The molecule has 0 radical (unpaired) electrons. The molecule has 0 heterocycles. The molecule has 1 aliphatic carbocycles. The van der Waals surface area contributed by atoms with Crippen molar-refractivity contribution in [2.45, 2.75) is 52.1 Å². The van der Waals surface area contributed by atoms with E-state index in [-0.39, 0.29) is 11.9 Å². The van der Waals surface area contributed by atoms with Gasteiger partial charge in [-0.1, -0.05) is 32.4 Å². The van der Waals surface area contributed by atoms with Gasteiger partial charge in [0.2, 0.25) is 0 Å². The summed E-state index contributed by atoms with van der Waals surface area (Å²) in [7, 11) is 0. The third-order valence-corrected chi connectivity index (χ3v) is 4.27. The van der Waals surface area contributed by atoms with Gasteiger partial charge in [-0.15, -0.1) is 0 Å². The van der Waals surface area contributed by atoms with Crippen LogP contribution in [0.1, 0.15) is 51.6 Å². The number of halogens is 1. The highest BCUT2D eigenvalue weighted by Gasteiger charge is 2.26. The second-order valence-corrected chi connectivity index (χ2v) is 5.95. The maximum absolute atomic E-state index is 13.2. The first kappa shape index (κ1) is 13.5. The zero-order chi connectivity index (χ0) is 13.1. The summed E-state index contributed by atoms with van der Waals surface area (Å²) in [6.45, 7) is 6.77. The van der Waals surface area contributed by atoms with E-state index in [0.29, 0.717) is 6.04 Å². The van der Waals surface area contributed by atoms with Crippen molar-refractivity contribution < 1.29 is 4.39 Å². The van der Waals surface area contributed by atoms with Gasteiger partial charge >= 0.3 is 0 Å². The second-order valence-electron chi connectivity index (χ2n) is 5.95. The minimum Gasteiger partial charge on any atom is -0.307 e. The third kappa shape index (κ3) is 3.32. The molecule has 0 aliphatic heterocycles. The normalized spacial score (nSPS) is 30.1. The van der Waals surface area contributed by atoms with Crippen molar-refractivity contribution in [3.8, 4) is 0 Å². The van der Waals surface area contributed by atoms with Crippen molar-refractivity contribution in [2.75, 3.05) is 0 Å². The molecule has 1 saturated carbocycles. The summed E-state index contributed by atoms with van der Waals surface area (Å²) in [5.74, 6) is 1.38. The van der Waals surface area contributed by atoms with Crippen molar-refractivity contribution in [1.82, 2.24) is 5.32 Å². The zero-order valence-electron chi connectivity index (χ0n) is 11.6. The highest BCUT2D eigenvalue weighted by atomic mass is 19.1. The Morgan fingerprint density at radius 1 is 1.28 bits per heavy atom. The molecule has 1 N–H and O–H groups in total. The number of nitrogens with one attached hydrogen (secondary N) is 1. The lowest BCUT2D eigenvalue weighted by Crippen LogP contribution is -2.40. The summed E-state index contributed by atoms with van der Waals surface area (Å²) in [4.78, 5) is 0. The van der Waals surface area contributed by atoms with Gasteiger partial charge in [0.1, 0.15) is 5.82 Å². The topological polar surface area (TPSA) is 12.0 Å². The Bertz CT molecular complexity index is 390. The van der Waals surface area contributed by atoms with Crippen LogP contribution in [0.4, 0.5) is 4.39 Å². The maximum Gasteiger partial charge on any atom is 0.123 e. The summed E-state index contributed by atoms with van der Waals surface area (Å²) in [5, 5.41) is 3.68. The fourth-order valence-electron chi connectivity index (χ4n) is 2.96. The van der Waals surface area contributed by atoms with Crippen molar-refractivity contribution >= 4 is 0 Å². The van der Waals surface area contributed by atoms with Crippen molar-refractivity contribution in [3.05, 3.63) is 35.6 Å². The van der Waals surface area contributed by atoms with E-state index in [1.165, 1.54) is 25.3 Å². The van der Waals surface area contributed by atoms with Crippen LogP contribution in [0.5, 0.6) is 0 Å². The molecule has 1 nitrogen and oxygen atoms in total. The lowest BCUT2D eigenvalue weighted by molar-refractivity contribution is 0.216. The fraction of sp³-hybridized carbons (Fsp3) is 0.625. The zero-order valence-corrected chi connectivity index (χ0v) is 11.6. The number of hydrogen-bond acceptors (Lipinski definition) is 1. The van der Waals surface area contributed by atoms with E-state index in [1.807, 2.05) is 6.07 Å². The van der Waals surface area contributed by atoms with Crippen molar-refractivity contribution in [3.63, 3.8) is 0 Å². The molecule has 4 unspecified atom stereocenters. The molecule has 1 aliphatic rings. The number of benzene rings is 1. The van der Waals surface area contributed by atoms with Gasteiger partial charge in [0.05, 0.1) is 0 Å². The average molecular weight is 249 g/mol. The molecule has 18 heavy (non-hydrogen) atoms. The first-order valence-corrected chi connectivity index (χ1v) is 7.07. The van der Waals surface area contributed by atoms with Crippen LogP contribution in [0.25, 0.3) is 0 Å². The molecule has 1 aromatic rings. The Hall–Kier alpha value is -0.890. The SMILES string of the molecule is CC1CCC(C)C(NC(C)c2cccc(F)c2)C1. The Kier molecular flexibility index (Phi) is 4.39. The predicted octanol–water partition coefficient (Wildman–Crippen LogP) is 4.30. The van der Waals surface area contributed by atoms with Crippen LogP contribution in [-0.2, 0) is 0 Å². The summed E-state index contributed by atoms with van der Waals surface area (Å²) in [6, 6.07) is 7.70. The summed E-state index contributed by atoms with van der Waals surface area (Å²) >= 11 is 0. The van der Waals surface area contributed by atoms with E-state index in [4.69, 9.17) is 0 Å². The van der Waals surface area contributed by atoms with Crippen LogP contribution in [0.2, 0.25) is 0 Å². The van der Waals surface area contributed by atoms with Crippen LogP contribution in [0.3, 0.4) is 0 Å². The van der Waals surface area contributed by atoms with Gasteiger partial charge in [-0.05, 0) is 49.3 Å². The molecule has 2 rings (SSSR count). The molecule has 100 valence electrons. The molecule has 2 heteroatoms. The molecule has 1 aromatic carbocycles. The lowest BCUT2D eigenvalue weighted by Gasteiger charge is -2.35. The Morgan fingerprint density at radius 2 is 2.06 bits per heavy atom. The molecule has 0 bridgehead atoms. The molecular weight excluding hydrogens is 225 g/mol. The summed E-state index contributed by atoms with van der Waals surface area (Å²) in [6.07, 6.45) is 3.88. The summed E-state index contributed by atoms with van der Waals surface area (Å²) in [5.41, 5.74) is 1.04. The smallest absolute Gasteiger partial charge is 0.123 e. The highest BCUT2D eigenvalue weighted by Crippen LogP contribution is 2.30. The van der Waals surface area contributed by atoms with Gasteiger partial charge in [-0.25, -0.2) is 4.39 Å². The van der Waals surface area contributed by atoms with Crippen LogP contribution in [-0.4, -0.2) is 6.04 Å². The predicted molar refractivity (Wildman–Crippen MR) is 73.9 cm³/mol. The van der Waals surface area contributed by atoms with Gasteiger partial charge in [0.15, 0.2) is 0 Å². The Morgan fingerprint density at radius 3 is 2.78 bits per heavy atom. The van der Waals surface area contributed by atoms with E-state index in [0.717, 1.165) is 17.4 Å². The molecule has 0 saturated heterocycles. The molecule has 0 amide bonds. The van der Waals surface area contributed by atoms with Crippen LogP contribution in [0.15, 0.2) is 24.3 Å². The average Bonchev–Trinajstić information content (AvgIpc) is 2.34.